The molecule has 0 spiro atoms. The molecule has 3 rings (SSSR count). The van der Waals surface area contributed by atoms with Crippen molar-refractivity contribution in [2.45, 2.75) is 26.4 Å². The molecule has 4 nitrogen and oxygen atoms in total. The Labute approximate surface area is 136 Å². The van der Waals surface area contributed by atoms with Crippen molar-refractivity contribution >= 4 is 28.8 Å². The summed E-state index contributed by atoms with van der Waals surface area (Å²) in [5.74, 6) is 0.995. The normalized spacial score (nSPS) is 12.9. The first kappa shape index (κ1) is 14.8. The average molecular weight is 312 g/mol. The minimum atomic E-state index is 0.643. The summed E-state index contributed by atoms with van der Waals surface area (Å²) in [7, 11) is 0. The standard InChI is InChI=1S/C17H20N4S/c1-2-9-18-17(22)20-15-7-8-16(19-10-15)21-11-13-5-3-4-6-14(13)12-21/h3-8,10H,2,9,11-12H2,1H3,(H2,18,20,22). The van der Waals surface area contributed by atoms with Crippen LogP contribution in [-0.2, 0) is 13.1 Å². The Morgan fingerprint density at radius 3 is 2.50 bits per heavy atom. The molecule has 0 amide bonds. The van der Waals surface area contributed by atoms with Gasteiger partial charge in [-0.3, -0.25) is 0 Å². The van der Waals surface area contributed by atoms with Crippen molar-refractivity contribution in [1.82, 2.24) is 10.3 Å². The Balaban J connectivity index is 1.62. The number of nitrogens with zero attached hydrogens (tertiary/aromatic N) is 2. The van der Waals surface area contributed by atoms with Crippen molar-refractivity contribution in [1.29, 1.82) is 0 Å². The molecule has 1 aromatic heterocycles. The summed E-state index contributed by atoms with van der Waals surface area (Å²) >= 11 is 5.23. The number of thiocarbonyl (C=S) groups is 1. The zero-order valence-corrected chi connectivity index (χ0v) is 13.5. The minimum Gasteiger partial charge on any atom is -0.362 e. The molecule has 1 aliphatic rings. The second-order valence-electron chi connectivity index (χ2n) is 5.41. The zero-order valence-electron chi connectivity index (χ0n) is 12.7. The molecule has 22 heavy (non-hydrogen) atoms. The van der Waals surface area contributed by atoms with E-state index in [1.165, 1.54) is 11.1 Å². The molecule has 0 atom stereocenters. The lowest BCUT2D eigenvalue weighted by atomic mass is 10.1. The van der Waals surface area contributed by atoms with Crippen LogP contribution in [0.2, 0.25) is 0 Å². The fraction of sp³-hybridized carbons (Fsp3) is 0.294. The van der Waals surface area contributed by atoms with Gasteiger partial charge in [-0.25, -0.2) is 4.98 Å². The van der Waals surface area contributed by atoms with Crippen LogP contribution in [0.4, 0.5) is 11.5 Å². The van der Waals surface area contributed by atoms with Gasteiger partial charge in [0, 0.05) is 19.6 Å². The van der Waals surface area contributed by atoms with Gasteiger partial charge in [0.1, 0.15) is 5.82 Å². The number of anilines is 2. The van der Waals surface area contributed by atoms with E-state index in [2.05, 4.69) is 51.7 Å². The second kappa shape index (κ2) is 6.75. The predicted molar refractivity (Wildman–Crippen MR) is 95.1 cm³/mol. The summed E-state index contributed by atoms with van der Waals surface area (Å²) in [5, 5.41) is 6.94. The largest absolute Gasteiger partial charge is 0.362 e. The van der Waals surface area contributed by atoms with Gasteiger partial charge in [0.25, 0.3) is 0 Å². The van der Waals surface area contributed by atoms with Gasteiger partial charge in [-0.05, 0) is 41.9 Å². The quantitative estimate of drug-likeness (QED) is 0.848. The molecular formula is C17H20N4S. The Bertz CT molecular complexity index is 629. The lowest BCUT2D eigenvalue weighted by molar-refractivity contribution is 0.846. The minimum absolute atomic E-state index is 0.643. The molecule has 2 N–H and O–H groups in total. The summed E-state index contributed by atoms with van der Waals surface area (Å²) in [6.07, 6.45) is 2.88. The number of hydrogen-bond donors (Lipinski definition) is 2. The van der Waals surface area contributed by atoms with Crippen LogP contribution >= 0.6 is 12.2 Å². The molecule has 0 bridgehead atoms. The maximum absolute atomic E-state index is 5.23. The first-order chi connectivity index (χ1) is 10.8. The summed E-state index contributed by atoms with van der Waals surface area (Å²) in [5.41, 5.74) is 3.68. The number of pyridine rings is 1. The molecule has 5 heteroatoms. The highest BCUT2D eigenvalue weighted by Crippen LogP contribution is 2.27. The third-order valence-electron chi connectivity index (χ3n) is 3.71. The van der Waals surface area contributed by atoms with Crippen LogP contribution in [-0.4, -0.2) is 16.6 Å². The van der Waals surface area contributed by atoms with E-state index in [1.807, 2.05) is 18.3 Å². The molecule has 0 saturated carbocycles. The van der Waals surface area contributed by atoms with Gasteiger partial charge in [-0.2, -0.15) is 0 Å². The lowest BCUT2D eigenvalue weighted by Gasteiger charge is -2.17. The molecule has 2 aromatic rings. The van der Waals surface area contributed by atoms with Crippen LogP contribution in [0.25, 0.3) is 0 Å². The highest BCUT2D eigenvalue weighted by molar-refractivity contribution is 7.80. The van der Waals surface area contributed by atoms with Gasteiger partial charge in [0.15, 0.2) is 5.11 Å². The molecule has 0 unspecified atom stereocenters. The van der Waals surface area contributed by atoms with Crippen molar-refractivity contribution in [2.75, 3.05) is 16.8 Å². The van der Waals surface area contributed by atoms with Gasteiger partial charge >= 0.3 is 0 Å². The van der Waals surface area contributed by atoms with E-state index < -0.39 is 0 Å². The second-order valence-corrected chi connectivity index (χ2v) is 5.82. The first-order valence-corrected chi connectivity index (χ1v) is 7.99. The number of benzene rings is 1. The summed E-state index contributed by atoms with van der Waals surface area (Å²) in [6.45, 7) is 4.84. The lowest BCUT2D eigenvalue weighted by Crippen LogP contribution is -2.29. The number of aromatic nitrogens is 1. The van der Waals surface area contributed by atoms with E-state index in [-0.39, 0.29) is 0 Å². The average Bonchev–Trinajstić information content (AvgIpc) is 2.97. The van der Waals surface area contributed by atoms with E-state index in [0.717, 1.165) is 37.6 Å². The monoisotopic (exact) mass is 312 g/mol. The smallest absolute Gasteiger partial charge is 0.170 e. The molecule has 0 saturated heterocycles. The molecule has 1 aliphatic heterocycles. The number of rotatable bonds is 4. The van der Waals surface area contributed by atoms with Gasteiger partial charge in [0.05, 0.1) is 11.9 Å². The van der Waals surface area contributed by atoms with Crippen molar-refractivity contribution in [3.8, 4) is 0 Å². The van der Waals surface area contributed by atoms with E-state index in [9.17, 15) is 0 Å². The first-order valence-electron chi connectivity index (χ1n) is 7.59. The van der Waals surface area contributed by atoms with Crippen LogP contribution < -0.4 is 15.5 Å². The van der Waals surface area contributed by atoms with Crippen molar-refractivity contribution in [3.05, 3.63) is 53.7 Å². The van der Waals surface area contributed by atoms with Crippen molar-refractivity contribution < 1.29 is 0 Å². The summed E-state index contributed by atoms with van der Waals surface area (Å²) in [6, 6.07) is 12.6. The third-order valence-corrected chi connectivity index (χ3v) is 3.95. The Kier molecular flexibility index (Phi) is 4.53. The van der Waals surface area contributed by atoms with Gasteiger partial charge in [-0.1, -0.05) is 31.2 Å². The van der Waals surface area contributed by atoms with Crippen molar-refractivity contribution in [3.63, 3.8) is 0 Å². The maximum Gasteiger partial charge on any atom is 0.170 e. The van der Waals surface area contributed by atoms with E-state index in [1.54, 1.807) is 0 Å². The molecular weight excluding hydrogens is 292 g/mol. The third kappa shape index (κ3) is 3.36. The predicted octanol–water partition coefficient (Wildman–Crippen LogP) is 3.30. The number of nitrogens with one attached hydrogen (secondary N) is 2. The van der Waals surface area contributed by atoms with Gasteiger partial charge in [-0.15, -0.1) is 0 Å². The highest BCUT2D eigenvalue weighted by Gasteiger charge is 2.19. The number of hydrogen-bond acceptors (Lipinski definition) is 3. The fourth-order valence-corrected chi connectivity index (χ4v) is 2.78. The van der Waals surface area contributed by atoms with Gasteiger partial charge in [0.2, 0.25) is 0 Å². The van der Waals surface area contributed by atoms with E-state index >= 15 is 0 Å². The molecule has 0 radical (unpaired) electrons. The summed E-state index contributed by atoms with van der Waals surface area (Å²) in [4.78, 5) is 6.83. The van der Waals surface area contributed by atoms with Crippen LogP contribution in [0.5, 0.6) is 0 Å². The summed E-state index contributed by atoms with van der Waals surface area (Å²) < 4.78 is 0. The maximum atomic E-state index is 5.23. The molecule has 2 heterocycles. The molecule has 1 aromatic carbocycles. The van der Waals surface area contributed by atoms with Crippen LogP contribution in [0, 0.1) is 0 Å². The van der Waals surface area contributed by atoms with Crippen LogP contribution in [0.15, 0.2) is 42.6 Å². The SMILES string of the molecule is CCCNC(=S)Nc1ccc(N2Cc3ccccc3C2)nc1. The molecule has 0 fully saturated rings. The van der Waals surface area contributed by atoms with E-state index in [4.69, 9.17) is 12.2 Å². The molecule has 0 aliphatic carbocycles. The van der Waals surface area contributed by atoms with Crippen LogP contribution in [0.3, 0.4) is 0 Å². The Hall–Kier alpha value is -2.14. The fourth-order valence-electron chi connectivity index (χ4n) is 2.56. The Morgan fingerprint density at radius 2 is 1.91 bits per heavy atom. The highest BCUT2D eigenvalue weighted by atomic mass is 32.1. The topological polar surface area (TPSA) is 40.2 Å². The van der Waals surface area contributed by atoms with Gasteiger partial charge < -0.3 is 15.5 Å². The zero-order chi connectivity index (χ0) is 15.4. The van der Waals surface area contributed by atoms with Crippen molar-refractivity contribution in [2.24, 2.45) is 0 Å². The van der Waals surface area contributed by atoms with Crippen LogP contribution in [0.1, 0.15) is 24.5 Å². The molecule has 114 valence electrons. The van der Waals surface area contributed by atoms with E-state index in [0.29, 0.717) is 5.11 Å². The number of fused-ring (bicyclic) bond motifs is 1. The Morgan fingerprint density at radius 1 is 1.18 bits per heavy atom.